The van der Waals surface area contributed by atoms with E-state index in [1.54, 1.807) is 6.07 Å². The number of rotatable bonds is 5. The summed E-state index contributed by atoms with van der Waals surface area (Å²) in [6.45, 7) is 3.92. The van der Waals surface area contributed by atoms with Crippen LogP contribution in [0.3, 0.4) is 0 Å². The Morgan fingerprint density at radius 2 is 1.89 bits per heavy atom. The van der Waals surface area contributed by atoms with Crippen LogP contribution in [0.4, 0.5) is 5.69 Å². The van der Waals surface area contributed by atoms with Gasteiger partial charge in [-0.2, -0.15) is 0 Å². The highest BCUT2D eigenvalue weighted by Gasteiger charge is 2.16. The summed E-state index contributed by atoms with van der Waals surface area (Å²) in [5.41, 5.74) is 3.95. The number of non-ortho nitro benzene ring substituents is 1. The second-order valence-corrected chi connectivity index (χ2v) is 6.48. The third-order valence-corrected chi connectivity index (χ3v) is 4.71. The molecule has 3 aromatic carbocycles. The van der Waals surface area contributed by atoms with Crippen molar-refractivity contribution in [2.45, 2.75) is 20.3 Å². The summed E-state index contributed by atoms with van der Waals surface area (Å²) in [6.07, 6.45) is 0.824. The lowest BCUT2D eigenvalue weighted by molar-refractivity contribution is -0.384. The number of nitrogens with zero attached hydrogens (tertiary/aromatic N) is 2. The molecule has 0 fully saturated rings. The summed E-state index contributed by atoms with van der Waals surface area (Å²) in [5.74, 6) is 1.29. The predicted octanol–water partition coefficient (Wildman–Crippen LogP) is 6.07. The molecule has 0 saturated carbocycles. The number of para-hydroxylation sites is 1. The highest BCUT2D eigenvalue weighted by Crippen LogP contribution is 2.38. The van der Waals surface area contributed by atoms with Crippen LogP contribution in [-0.2, 0) is 6.42 Å². The number of hydrogen-bond acceptors (Lipinski definition) is 5. The van der Waals surface area contributed by atoms with E-state index in [0.717, 1.165) is 34.4 Å². The zero-order chi connectivity index (χ0) is 19.7. The van der Waals surface area contributed by atoms with Gasteiger partial charge < -0.3 is 9.26 Å². The molecule has 0 aliphatic rings. The van der Waals surface area contributed by atoms with Gasteiger partial charge in [-0.15, -0.1) is 0 Å². The maximum atomic E-state index is 11.3. The Bertz CT molecular complexity index is 1180. The van der Waals surface area contributed by atoms with Crippen molar-refractivity contribution in [2.75, 3.05) is 0 Å². The Balaban J connectivity index is 1.86. The van der Waals surface area contributed by atoms with E-state index < -0.39 is 4.92 Å². The van der Waals surface area contributed by atoms with Crippen molar-refractivity contribution in [1.29, 1.82) is 0 Å². The van der Waals surface area contributed by atoms with Gasteiger partial charge in [0.25, 0.3) is 5.69 Å². The molecule has 0 aliphatic heterocycles. The van der Waals surface area contributed by atoms with Crippen molar-refractivity contribution in [1.82, 2.24) is 5.16 Å². The van der Waals surface area contributed by atoms with Crippen molar-refractivity contribution in [3.05, 3.63) is 82.0 Å². The molecular formula is C22H18N2O4. The smallest absolute Gasteiger partial charge is 0.270 e. The second kappa shape index (κ2) is 7.15. The summed E-state index contributed by atoms with van der Waals surface area (Å²) in [4.78, 5) is 10.9. The zero-order valence-electron chi connectivity index (χ0n) is 15.5. The fourth-order valence-electron chi connectivity index (χ4n) is 3.19. The summed E-state index contributed by atoms with van der Waals surface area (Å²) in [6, 6.07) is 18.0. The quantitative estimate of drug-likeness (QED) is 0.313. The Kier molecular flexibility index (Phi) is 4.53. The number of nitro benzene ring substituents is 1. The van der Waals surface area contributed by atoms with E-state index in [1.807, 2.05) is 49.4 Å². The zero-order valence-corrected chi connectivity index (χ0v) is 15.5. The molecule has 0 bridgehead atoms. The third-order valence-electron chi connectivity index (χ3n) is 4.71. The molecule has 6 nitrogen and oxygen atoms in total. The van der Waals surface area contributed by atoms with Crippen LogP contribution in [0.15, 0.2) is 65.2 Å². The molecule has 0 aliphatic carbocycles. The minimum absolute atomic E-state index is 0.00765. The van der Waals surface area contributed by atoms with Gasteiger partial charge in [-0.1, -0.05) is 36.3 Å². The van der Waals surface area contributed by atoms with Crippen LogP contribution in [0.1, 0.15) is 18.2 Å². The highest BCUT2D eigenvalue weighted by molar-refractivity contribution is 5.86. The lowest BCUT2D eigenvalue weighted by Crippen LogP contribution is -1.94. The standard InChI is InChI=1S/C22H18N2O4/c1-3-15-6-4-5-7-20(15)27-21-11-9-17(24(25)26)13-19(21)16-8-10-22-18(12-16)14(2)23-28-22/h4-13H,3H2,1-2H3. The normalized spacial score (nSPS) is 10.9. The van der Waals surface area contributed by atoms with Gasteiger partial charge in [0.05, 0.1) is 10.6 Å². The summed E-state index contributed by atoms with van der Waals surface area (Å²) in [7, 11) is 0. The molecule has 28 heavy (non-hydrogen) atoms. The average Bonchev–Trinajstić information content (AvgIpc) is 3.09. The molecule has 6 heteroatoms. The van der Waals surface area contributed by atoms with Gasteiger partial charge in [0.2, 0.25) is 0 Å². The lowest BCUT2D eigenvalue weighted by atomic mass is 10.0. The Morgan fingerprint density at radius 3 is 2.68 bits per heavy atom. The minimum atomic E-state index is -0.406. The van der Waals surface area contributed by atoms with Gasteiger partial charge in [-0.3, -0.25) is 10.1 Å². The number of benzene rings is 3. The van der Waals surface area contributed by atoms with Crippen LogP contribution < -0.4 is 4.74 Å². The van der Waals surface area contributed by atoms with Gasteiger partial charge >= 0.3 is 0 Å². The molecule has 4 rings (SSSR count). The van der Waals surface area contributed by atoms with Crippen molar-refractivity contribution >= 4 is 16.7 Å². The first-order valence-corrected chi connectivity index (χ1v) is 8.97. The van der Waals surface area contributed by atoms with Crippen LogP contribution >= 0.6 is 0 Å². The van der Waals surface area contributed by atoms with Crippen LogP contribution in [-0.4, -0.2) is 10.1 Å². The average molecular weight is 374 g/mol. The van der Waals surface area contributed by atoms with E-state index in [2.05, 4.69) is 12.1 Å². The first kappa shape index (κ1) is 17.7. The Labute approximate surface area is 161 Å². The molecule has 4 aromatic rings. The van der Waals surface area contributed by atoms with Gasteiger partial charge in [0, 0.05) is 23.1 Å². The Morgan fingerprint density at radius 1 is 1.07 bits per heavy atom. The van der Waals surface area contributed by atoms with E-state index >= 15 is 0 Å². The molecule has 0 radical (unpaired) electrons. The predicted molar refractivity (Wildman–Crippen MR) is 107 cm³/mol. The van der Waals surface area contributed by atoms with E-state index in [1.165, 1.54) is 12.1 Å². The molecule has 1 heterocycles. The maximum Gasteiger partial charge on any atom is 0.270 e. The largest absolute Gasteiger partial charge is 0.456 e. The molecule has 0 spiro atoms. The molecular weight excluding hydrogens is 356 g/mol. The van der Waals surface area contributed by atoms with Crippen LogP contribution in [0.5, 0.6) is 11.5 Å². The van der Waals surface area contributed by atoms with E-state index in [0.29, 0.717) is 16.9 Å². The van der Waals surface area contributed by atoms with Crippen LogP contribution in [0.2, 0.25) is 0 Å². The molecule has 0 N–H and O–H groups in total. The number of ether oxygens (including phenoxy) is 1. The van der Waals surface area contributed by atoms with E-state index in [4.69, 9.17) is 9.26 Å². The first-order valence-electron chi connectivity index (χ1n) is 8.97. The maximum absolute atomic E-state index is 11.3. The SMILES string of the molecule is CCc1ccccc1Oc1ccc([N+](=O)[O-])cc1-c1ccc2onc(C)c2c1. The van der Waals surface area contributed by atoms with E-state index in [-0.39, 0.29) is 5.69 Å². The monoisotopic (exact) mass is 374 g/mol. The van der Waals surface area contributed by atoms with Gasteiger partial charge in [-0.05, 0) is 48.7 Å². The third kappa shape index (κ3) is 3.20. The number of aromatic nitrogens is 1. The molecule has 0 amide bonds. The fraction of sp³-hybridized carbons (Fsp3) is 0.136. The molecule has 0 atom stereocenters. The Hall–Kier alpha value is -3.67. The molecule has 0 unspecified atom stereocenters. The molecule has 1 aromatic heterocycles. The molecule has 140 valence electrons. The first-order chi connectivity index (χ1) is 13.6. The van der Waals surface area contributed by atoms with E-state index in [9.17, 15) is 10.1 Å². The van der Waals surface area contributed by atoms with Crippen molar-refractivity contribution in [3.8, 4) is 22.6 Å². The van der Waals surface area contributed by atoms with Gasteiger partial charge in [0.15, 0.2) is 5.58 Å². The molecule has 0 saturated heterocycles. The summed E-state index contributed by atoms with van der Waals surface area (Å²) in [5, 5.41) is 16.2. The second-order valence-electron chi connectivity index (χ2n) is 6.48. The number of fused-ring (bicyclic) bond motifs is 1. The summed E-state index contributed by atoms with van der Waals surface area (Å²) >= 11 is 0. The van der Waals surface area contributed by atoms with Crippen molar-refractivity contribution < 1.29 is 14.2 Å². The topological polar surface area (TPSA) is 78.4 Å². The highest BCUT2D eigenvalue weighted by atomic mass is 16.6. The van der Waals surface area contributed by atoms with Gasteiger partial charge in [0.1, 0.15) is 11.5 Å². The lowest BCUT2D eigenvalue weighted by Gasteiger charge is -2.14. The number of hydrogen-bond donors (Lipinski definition) is 0. The minimum Gasteiger partial charge on any atom is -0.456 e. The van der Waals surface area contributed by atoms with Crippen molar-refractivity contribution in [2.24, 2.45) is 0 Å². The number of nitro groups is 1. The van der Waals surface area contributed by atoms with Crippen LogP contribution in [0, 0.1) is 17.0 Å². The number of aryl methyl sites for hydroxylation is 2. The van der Waals surface area contributed by atoms with Crippen LogP contribution in [0.25, 0.3) is 22.1 Å². The van der Waals surface area contributed by atoms with Gasteiger partial charge in [-0.25, -0.2) is 0 Å². The van der Waals surface area contributed by atoms with Crippen molar-refractivity contribution in [3.63, 3.8) is 0 Å². The summed E-state index contributed by atoms with van der Waals surface area (Å²) < 4.78 is 11.5. The fourth-order valence-corrected chi connectivity index (χ4v) is 3.19.